The summed E-state index contributed by atoms with van der Waals surface area (Å²) < 4.78 is 0. The summed E-state index contributed by atoms with van der Waals surface area (Å²) in [6.07, 6.45) is 2.51. The number of aliphatic carboxylic acids is 1. The Labute approximate surface area is 117 Å². The largest absolute Gasteiger partial charge is 0.481 e. The van der Waals surface area contributed by atoms with Gasteiger partial charge < -0.3 is 15.7 Å². The van der Waals surface area contributed by atoms with E-state index in [4.69, 9.17) is 5.73 Å². The summed E-state index contributed by atoms with van der Waals surface area (Å²) in [5.41, 5.74) is 7.79. The normalized spacial score (nSPS) is 27.9. The van der Waals surface area contributed by atoms with Crippen molar-refractivity contribution in [1.82, 2.24) is 0 Å². The van der Waals surface area contributed by atoms with Gasteiger partial charge in [-0.15, -0.1) is 0 Å². The summed E-state index contributed by atoms with van der Waals surface area (Å²) in [6.45, 7) is 1.96. The summed E-state index contributed by atoms with van der Waals surface area (Å²) in [7, 11) is 0. The molecule has 3 unspecified atom stereocenters. The molecule has 2 bridgehead atoms. The molecule has 106 valence electrons. The van der Waals surface area contributed by atoms with Gasteiger partial charge in [-0.1, -0.05) is 6.07 Å². The highest BCUT2D eigenvalue weighted by molar-refractivity contribution is 5.99. The van der Waals surface area contributed by atoms with E-state index >= 15 is 0 Å². The lowest BCUT2D eigenvalue weighted by molar-refractivity contribution is -0.142. The molecule has 5 nitrogen and oxygen atoms in total. The van der Waals surface area contributed by atoms with Gasteiger partial charge in [-0.3, -0.25) is 9.59 Å². The van der Waals surface area contributed by atoms with Gasteiger partial charge in [-0.25, -0.2) is 0 Å². The van der Waals surface area contributed by atoms with Gasteiger partial charge in [0.15, 0.2) is 0 Å². The number of aryl methyl sites for hydroxylation is 1. The Morgan fingerprint density at radius 2 is 2.10 bits per heavy atom. The fourth-order valence-corrected chi connectivity index (χ4v) is 3.69. The Kier molecular flexibility index (Phi) is 2.92. The second-order valence-electron chi connectivity index (χ2n) is 5.77. The standard InChI is InChI=1S/C15H18N2O3/c1-8-2-4-10(14(16)18)13(6-8)17-9-3-5-12(17)11(7-9)15(19)20/h2,4,6,9,11-12H,3,5,7H2,1H3,(H2,16,18)(H,19,20). The maximum Gasteiger partial charge on any atom is 0.308 e. The zero-order valence-electron chi connectivity index (χ0n) is 11.4. The van der Waals surface area contributed by atoms with Crippen LogP contribution in [-0.4, -0.2) is 29.1 Å². The van der Waals surface area contributed by atoms with Crippen molar-refractivity contribution in [1.29, 1.82) is 0 Å². The van der Waals surface area contributed by atoms with Gasteiger partial charge in [-0.05, 0) is 43.9 Å². The van der Waals surface area contributed by atoms with Crippen LogP contribution in [0.4, 0.5) is 5.69 Å². The number of nitrogens with two attached hydrogens (primary N) is 1. The summed E-state index contributed by atoms with van der Waals surface area (Å²) >= 11 is 0. The van der Waals surface area contributed by atoms with E-state index in [1.807, 2.05) is 19.1 Å². The summed E-state index contributed by atoms with van der Waals surface area (Å²) in [6, 6.07) is 5.73. The molecule has 3 rings (SSSR count). The molecule has 2 aliphatic rings. The number of carbonyl (C=O) groups is 2. The van der Waals surface area contributed by atoms with Gasteiger partial charge in [0.25, 0.3) is 5.91 Å². The predicted molar refractivity (Wildman–Crippen MR) is 74.7 cm³/mol. The Hall–Kier alpha value is -2.04. The minimum absolute atomic E-state index is 0.0163. The average molecular weight is 274 g/mol. The first-order valence-electron chi connectivity index (χ1n) is 6.90. The van der Waals surface area contributed by atoms with Crippen molar-refractivity contribution in [2.45, 2.75) is 38.3 Å². The molecule has 5 heteroatoms. The van der Waals surface area contributed by atoms with E-state index in [1.54, 1.807) is 6.07 Å². The molecule has 2 fully saturated rings. The number of carboxylic acid groups (broad SMARTS) is 1. The molecule has 0 spiro atoms. The lowest BCUT2D eigenvalue weighted by Crippen LogP contribution is -2.34. The van der Waals surface area contributed by atoms with E-state index in [0.717, 1.165) is 24.1 Å². The number of benzene rings is 1. The molecule has 2 aliphatic heterocycles. The molecule has 0 radical (unpaired) electrons. The first-order chi connectivity index (χ1) is 9.49. The molecule has 1 aromatic rings. The van der Waals surface area contributed by atoms with Gasteiger partial charge in [0.1, 0.15) is 0 Å². The molecule has 1 amide bonds. The number of hydrogen-bond acceptors (Lipinski definition) is 3. The molecular weight excluding hydrogens is 256 g/mol. The third-order valence-corrected chi connectivity index (χ3v) is 4.55. The lowest BCUT2D eigenvalue weighted by Gasteiger charge is -2.27. The van der Waals surface area contributed by atoms with Crippen LogP contribution in [0.2, 0.25) is 0 Å². The molecule has 20 heavy (non-hydrogen) atoms. The fraction of sp³-hybridized carbons (Fsp3) is 0.467. The minimum Gasteiger partial charge on any atom is -0.481 e. The molecule has 0 saturated carbocycles. The zero-order valence-corrected chi connectivity index (χ0v) is 11.4. The second kappa shape index (κ2) is 4.51. The first-order valence-corrected chi connectivity index (χ1v) is 6.90. The number of anilines is 1. The molecule has 2 heterocycles. The predicted octanol–water partition coefficient (Wildman–Crippen LogP) is 1.54. The maximum absolute atomic E-state index is 11.6. The van der Waals surface area contributed by atoms with E-state index < -0.39 is 11.9 Å². The van der Waals surface area contributed by atoms with Crippen molar-refractivity contribution >= 4 is 17.6 Å². The van der Waals surface area contributed by atoms with E-state index in [-0.39, 0.29) is 18.0 Å². The van der Waals surface area contributed by atoms with Gasteiger partial charge in [0.2, 0.25) is 0 Å². The van der Waals surface area contributed by atoms with E-state index in [2.05, 4.69) is 4.90 Å². The zero-order chi connectivity index (χ0) is 14.4. The Morgan fingerprint density at radius 3 is 2.70 bits per heavy atom. The highest BCUT2D eigenvalue weighted by atomic mass is 16.4. The van der Waals surface area contributed by atoms with Gasteiger partial charge in [0.05, 0.1) is 17.2 Å². The Morgan fingerprint density at radius 1 is 1.35 bits per heavy atom. The number of primary amides is 1. The van der Waals surface area contributed by atoms with Crippen molar-refractivity contribution in [3.05, 3.63) is 29.3 Å². The van der Waals surface area contributed by atoms with E-state index in [0.29, 0.717) is 12.0 Å². The van der Waals surface area contributed by atoms with E-state index in [9.17, 15) is 14.7 Å². The Bertz CT molecular complexity index is 584. The monoisotopic (exact) mass is 274 g/mol. The van der Waals surface area contributed by atoms with Crippen LogP contribution in [0.5, 0.6) is 0 Å². The number of nitrogens with zero attached hydrogens (tertiary/aromatic N) is 1. The van der Waals surface area contributed by atoms with Crippen LogP contribution in [0, 0.1) is 12.8 Å². The topological polar surface area (TPSA) is 83.6 Å². The summed E-state index contributed by atoms with van der Waals surface area (Å²) in [5.74, 6) is -1.54. The second-order valence-corrected chi connectivity index (χ2v) is 5.77. The van der Waals surface area contributed by atoms with Crippen molar-refractivity contribution in [3.63, 3.8) is 0 Å². The highest BCUT2D eigenvalue weighted by Crippen LogP contribution is 2.45. The summed E-state index contributed by atoms with van der Waals surface area (Å²) in [4.78, 5) is 25.1. The van der Waals surface area contributed by atoms with Crippen LogP contribution in [0.15, 0.2) is 18.2 Å². The van der Waals surface area contributed by atoms with Crippen LogP contribution in [0.3, 0.4) is 0 Å². The minimum atomic E-state index is -0.740. The smallest absolute Gasteiger partial charge is 0.308 e. The molecule has 3 atom stereocenters. The SMILES string of the molecule is Cc1ccc(C(N)=O)c(N2C3CCC2C(C(=O)O)C3)c1. The van der Waals surface area contributed by atoms with Crippen LogP contribution in [0.25, 0.3) is 0 Å². The summed E-state index contributed by atoms with van der Waals surface area (Å²) in [5, 5.41) is 9.31. The van der Waals surface area contributed by atoms with Gasteiger partial charge in [0, 0.05) is 12.1 Å². The number of fused-ring (bicyclic) bond motifs is 2. The molecule has 0 aromatic heterocycles. The van der Waals surface area contributed by atoms with Crippen molar-refractivity contribution in [2.24, 2.45) is 11.7 Å². The molecule has 3 N–H and O–H groups in total. The van der Waals surface area contributed by atoms with Gasteiger partial charge in [-0.2, -0.15) is 0 Å². The fourth-order valence-electron chi connectivity index (χ4n) is 3.69. The van der Waals surface area contributed by atoms with Crippen LogP contribution >= 0.6 is 0 Å². The number of carboxylic acids is 1. The van der Waals surface area contributed by atoms with Crippen LogP contribution in [-0.2, 0) is 4.79 Å². The Balaban J connectivity index is 2.04. The van der Waals surface area contributed by atoms with Crippen molar-refractivity contribution in [2.75, 3.05) is 4.90 Å². The molecule has 1 aromatic carbocycles. The van der Waals surface area contributed by atoms with Crippen molar-refractivity contribution < 1.29 is 14.7 Å². The van der Waals surface area contributed by atoms with E-state index in [1.165, 1.54) is 0 Å². The molecule has 2 saturated heterocycles. The quantitative estimate of drug-likeness (QED) is 0.875. The number of amides is 1. The maximum atomic E-state index is 11.6. The lowest BCUT2D eigenvalue weighted by atomic mass is 9.89. The van der Waals surface area contributed by atoms with Crippen LogP contribution < -0.4 is 10.6 Å². The number of rotatable bonds is 3. The molecule has 0 aliphatic carbocycles. The third-order valence-electron chi connectivity index (χ3n) is 4.55. The first kappa shape index (κ1) is 13.0. The van der Waals surface area contributed by atoms with Crippen molar-refractivity contribution in [3.8, 4) is 0 Å². The number of carbonyl (C=O) groups excluding carboxylic acids is 1. The number of hydrogen-bond donors (Lipinski definition) is 2. The molecular formula is C15H18N2O3. The average Bonchev–Trinajstić information content (AvgIpc) is 2.95. The van der Waals surface area contributed by atoms with Gasteiger partial charge >= 0.3 is 5.97 Å². The third kappa shape index (κ3) is 1.85. The van der Waals surface area contributed by atoms with Crippen LogP contribution in [0.1, 0.15) is 35.2 Å². The highest BCUT2D eigenvalue weighted by Gasteiger charge is 2.49.